The van der Waals surface area contributed by atoms with E-state index in [0.717, 1.165) is 43.4 Å². The van der Waals surface area contributed by atoms with Gasteiger partial charge in [0.25, 0.3) is 0 Å². The number of rotatable bonds is 5. The summed E-state index contributed by atoms with van der Waals surface area (Å²) in [6, 6.07) is 7.94. The molecule has 1 aromatic heterocycles. The van der Waals surface area contributed by atoms with E-state index in [0.29, 0.717) is 17.8 Å². The van der Waals surface area contributed by atoms with Crippen molar-refractivity contribution in [1.82, 2.24) is 4.98 Å². The van der Waals surface area contributed by atoms with Crippen molar-refractivity contribution in [2.45, 2.75) is 51.0 Å². The molecule has 3 aliphatic rings. The third-order valence-electron chi connectivity index (χ3n) is 7.95. The van der Waals surface area contributed by atoms with Gasteiger partial charge in [-0.2, -0.15) is 0 Å². The molecule has 1 aromatic carbocycles. The van der Waals surface area contributed by atoms with Gasteiger partial charge in [0.05, 0.1) is 12.8 Å². The van der Waals surface area contributed by atoms with Crippen molar-refractivity contribution >= 4 is 5.57 Å². The Morgan fingerprint density at radius 2 is 2.13 bits per heavy atom. The first-order valence-corrected chi connectivity index (χ1v) is 11.4. The summed E-state index contributed by atoms with van der Waals surface area (Å²) in [6.07, 6.45) is 10.0. The highest BCUT2D eigenvalue weighted by Crippen LogP contribution is 2.63. The molecule has 1 fully saturated rings. The summed E-state index contributed by atoms with van der Waals surface area (Å²) in [5, 5.41) is 18.5. The van der Waals surface area contributed by atoms with E-state index < -0.39 is 6.10 Å². The highest BCUT2D eigenvalue weighted by Gasteiger charge is 2.51. The Kier molecular flexibility index (Phi) is 5.35. The lowest BCUT2D eigenvalue weighted by molar-refractivity contribution is 0.0534. The Balaban J connectivity index is 1.36. The predicted molar refractivity (Wildman–Crippen MR) is 117 cm³/mol. The number of aliphatic hydroxyl groups excluding tert-OH is 2. The van der Waals surface area contributed by atoms with E-state index in [4.69, 9.17) is 9.84 Å². The van der Waals surface area contributed by atoms with Gasteiger partial charge in [0.2, 0.25) is 0 Å². The number of pyridine rings is 1. The van der Waals surface area contributed by atoms with E-state index in [1.807, 2.05) is 6.07 Å². The van der Waals surface area contributed by atoms with Crippen molar-refractivity contribution < 1.29 is 19.3 Å². The first-order chi connectivity index (χ1) is 15.0. The Labute approximate surface area is 182 Å². The molecule has 0 amide bonds. The number of hydrogen-bond donors (Lipinski definition) is 2. The van der Waals surface area contributed by atoms with Crippen molar-refractivity contribution in [3.63, 3.8) is 0 Å². The van der Waals surface area contributed by atoms with Crippen LogP contribution in [-0.2, 0) is 6.42 Å². The van der Waals surface area contributed by atoms with Crippen LogP contribution in [0.4, 0.5) is 4.39 Å². The number of aromatic nitrogens is 1. The third kappa shape index (κ3) is 3.58. The minimum absolute atomic E-state index is 0.0810. The van der Waals surface area contributed by atoms with Crippen molar-refractivity contribution in [1.29, 1.82) is 0 Å². The normalized spacial score (nSPS) is 30.1. The van der Waals surface area contributed by atoms with E-state index in [1.54, 1.807) is 12.3 Å². The third-order valence-corrected chi connectivity index (χ3v) is 7.95. The van der Waals surface area contributed by atoms with Gasteiger partial charge in [-0.3, -0.25) is 4.98 Å². The number of benzene rings is 1. The van der Waals surface area contributed by atoms with Gasteiger partial charge in [0.1, 0.15) is 24.3 Å². The zero-order chi connectivity index (χ0) is 21.6. The summed E-state index contributed by atoms with van der Waals surface area (Å²) in [4.78, 5) is 4.09. The number of aryl methyl sites for hydroxylation is 1. The predicted octanol–water partition coefficient (Wildman–Crippen LogP) is 4.50. The zero-order valence-electron chi connectivity index (χ0n) is 17.9. The molecule has 5 heteroatoms. The smallest absolute Gasteiger partial charge is 0.142 e. The minimum atomic E-state index is -0.853. The average Bonchev–Trinajstić information content (AvgIpc) is 3.14. The molecule has 0 bridgehead atoms. The minimum Gasteiger partial charge on any atom is -0.491 e. The van der Waals surface area contributed by atoms with E-state index in [2.05, 4.69) is 30.1 Å². The molecule has 5 atom stereocenters. The van der Waals surface area contributed by atoms with Gasteiger partial charge in [0.15, 0.2) is 0 Å². The van der Waals surface area contributed by atoms with Crippen LogP contribution in [0.5, 0.6) is 5.75 Å². The lowest BCUT2D eigenvalue weighted by Crippen LogP contribution is -2.40. The highest BCUT2D eigenvalue weighted by atomic mass is 19.1. The van der Waals surface area contributed by atoms with Crippen molar-refractivity contribution in [2.75, 3.05) is 13.2 Å². The molecule has 5 rings (SSSR count). The van der Waals surface area contributed by atoms with Crippen LogP contribution in [0.25, 0.3) is 5.57 Å². The lowest BCUT2D eigenvalue weighted by Gasteiger charge is -2.50. The monoisotopic (exact) mass is 423 g/mol. The van der Waals surface area contributed by atoms with Gasteiger partial charge in [0, 0.05) is 6.20 Å². The summed E-state index contributed by atoms with van der Waals surface area (Å²) in [5.74, 6) is 2.25. The molecule has 0 spiro atoms. The largest absolute Gasteiger partial charge is 0.491 e. The van der Waals surface area contributed by atoms with Crippen LogP contribution in [0.2, 0.25) is 0 Å². The fourth-order valence-electron chi connectivity index (χ4n) is 6.47. The average molecular weight is 424 g/mol. The van der Waals surface area contributed by atoms with Crippen LogP contribution >= 0.6 is 0 Å². The van der Waals surface area contributed by atoms with E-state index in [-0.39, 0.29) is 24.4 Å². The Hall–Kier alpha value is -2.24. The second-order valence-electron chi connectivity index (χ2n) is 9.63. The standard InChI is InChI=1S/C26H30FNO3/c1-26-9-8-22-21-5-3-20(31-15-19(30)14-29)11-16(21)2-4-23(22)25(26)7-6-24(26)17-10-18(27)13-28-12-17/h3,5-6,10-13,19,22-23,25,29-30H,2,4,7-9,14-15H2,1H3/t19?,22?,23?,25?,26-/m1/s1. The van der Waals surface area contributed by atoms with Crippen molar-refractivity contribution in [2.24, 2.45) is 17.3 Å². The van der Waals surface area contributed by atoms with Crippen molar-refractivity contribution in [3.05, 3.63) is 65.2 Å². The number of ether oxygens (including phenoxy) is 1. The fraction of sp³-hybridized carbons (Fsp3) is 0.500. The molecular weight excluding hydrogens is 393 g/mol. The van der Waals surface area contributed by atoms with E-state index >= 15 is 0 Å². The SMILES string of the molecule is C[C@]12CCC3c4ccc(OCC(O)CO)cc4CCC3C1CC=C2c1cncc(F)c1. The molecule has 1 heterocycles. The van der Waals surface area contributed by atoms with Gasteiger partial charge in [-0.1, -0.05) is 19.1 Å². The topological polar surface area (TPSA) is 62.6 Å². The van der Waals surface area contributed by atoms with Gasteiger partial charge < -0.3 is 14.9 Å². The first kappa shape index (κ1) is 20.7. The number of hydrogen-bond acceptors (Lipinski definition) is 4. The molecule has 2 aromatic rings. The van der Waals surface area contributed by atoms with Crippen LogP contribution in [0.15, 0.2) is 42.7 Å². The molecule has 31 heavy (non-hydrogen) atoms. The quantitative estimate of drug-likeness (QED) is 0.743. The maximum absolute atomic E-state index is 13.8. The molecule has 4 nitrogen and oxygen atoms in total. The maximum Gasteiger partial charge on any atom is 0.142 e. The number of aliphatic hydroxyl groups is 2. The molecule has 4 unspecified atom stereocenters. The number of nitrogens with zero attached hydrogens (tertiary/aromatic N) is 1. The summed E-state index contributed by atoms with van der Waals surface area (Å²) < 4.78 is 19.5. The lowest BCUT2D eigenvalue weighted by atomic mass is 9.54. The number of halogens is 1. The molecule has 2 N–H and O–H groups in total. The van der Waals surface area contributed by atoms with Crippen LogP contribution in [0.1, 0.15) is 55.2 Å². The molecule has 0 radical (unpaired) electrons. The summed E-state index contributed by atoms with van der Waals surface area (Å²) in [5.41, 5.74) is 5.08. The first-order valence-electron chi connectivity index (χ1n) is 11.4. The second kappa shape index (κ2) is 8.03. The van der Waals surface area contributed by atoms with E-state index in [1.165, 1.54) is 22.9 Å². The zero-order valence-corrected chi connectivity index (χ0v) is 17.9. The van der Waals surface area contributed by atoms with Crippen LogP contribution in [0, 0.1) is 23.1 Å². The van der Waals surface area contributed by atoms with Crippen LogP contribution in [0.3, 0.4) is 0 Å². The number of fused-ring (bicyclic) bond motifs is 5. The summed E-state index contributed by atoms with van der Waals surface area (Å²) in [6.45, 7) is 2.18. The summed E-state index contributed by atoms with van der Waals surface area (Å²) in [7, 11) is 0. The Bertz CT molecular complexity index is 1010. The fourth-order valence-corrected chi connectivity index (χ4v) is 6.47. The second-order valence-corrected chi connectivity index (χ2v) is 9.63. The van der Waals surface area contributed by atoms with Crippen LogP contribution < -0.4 is 4.74 Å². The molecule has 1 saturated carbocycles. The van der Waals surface area contributed by atoms with E-state index in [9.17, 15) is 9.50 Å². The van der Waals surface area contributed by atoms with Gasteiger partial charge in [-0.25, -0.2) is 4.39 Å². The molecule has 0 aliphatic heterocycles. The molecular formula is C26H30FNO3. The molecule has 164 valence electrons. The maximum atomic E-state index is 13.8. The van der Waals surface area contributed by atoms with Crippen LogP contribution in [-0.4, -0.2) is 34.5 Å². The van der Waals surface area contributed by atoms with Gasteiger partial charge >= 0.3 is 0 Å². The van der Waals surface area contributed by atoms with Gasteiger partial charge in [-0.15, -0.1) is 0 Å². The molecule has 3 aliphatic carbocycles. The Morgan fingerprint density at radius 1 is 1.26 bits per heavy atom. The van der Waals surface area contributed by atoms with Crippen molar-refractivity contribution in [3.8, 4) is 5.75 Å². The molecule has 0 saturated heterocycles. The van der Waals surface area contributed by atoms with Gasteiger partial charge in [-0.05, 0) is 95.7 Å². The Morgan fingerprint density at radius 3 is 2.94 bits per heavy atom. The highest BCUT2D eigenvalue weighted by molar-refractivity contribution is 5.72. The number of allylic oxidation sites excluding steroid dienone is 2. The summed E-state index contributed by atoms with van der Waals surface area (Å²) >= 11 is 0.